The number of methoxy groups -OCH3 is 1. The second-order valence-corrected chi connectivity index (χ2v) is 6.53. The lowest BCUT2D eigenvalue weighted by Crippen LogP contribution is -2.31. The molecule has 3 aromatic rings. The Balaban J connectivity index is 0.00000182. The van der Waals surface area contributed by atoms with Crippen molar-refractivity contribution in [2.75, 3.05) is 18.6 Å². The first-order valence-electron chi connectivity index (χ1n) is 8.45. The summed E-state index contributed by atoms with van der Waals surface area (Å²) in [5.41, 5.74) is 6.61. The molecule has 0 bridgehead atoms. The van der Waals surface area contributed by atoms with Gasteiger partial charge in [-0.15, -0.1) is 12.4 Å². The minimum absolute atomic E-state index is 0. The number of hydrogen-bond donors (Lipinski definition) is 0. The van der Waals surface area contributed by atoms with E-state index in [9.17, 15) is 0 Å². The van der Waals surface area contributed by atoms with Crippen molar-refractivity contribution in [1.82, 2.24) is 9.55 Å². The van der Waals surface area contributed by atoms with Crippen LogP contribution in [0.5, 0.6) is 0 Å². The largest absolute Gasteiger partial charge is 0.364 e. The molecule has 0 N–H and O–H groups in total. The molecule has 5 heteroatoms. The predicted molar refractivity (Wildman–Crippen MR) is 105 cm³/mol. The highest BCUT2D eigenvalue weighted by atomic mass is 35.5. The fourth-order valence-corrected chi connectivity index (χ4v) is 3.78. The zero-order chi connectivity index (χ0) is 16.7. The molecule has 0 spiro atoms. The summed E-state index contributed by atoms with van der Waals surface area (Å²) in [6.07, 6.45) is 3.00. The number of aromatic nitrogens is 2. The average Bonchev–Trinajstić information content (AvgIpc) is 2.87. The standard InChI is InChI=1S/C20H23N3O.ClH/c1-14-15(2)23(13-24-3)19-18(14)8-10-21-20(19)22-11-9-16-6-4-5-7-17(16)12-22;/h4-8,10H,9,11-13H2,1-3H3;1H. The molecule has 0 aliphatic carbocycles. The molecule has 0 radical (unpaired) electrons. The van der Waals surface area contributed by atoms with Crippen LogP contribution in [0.25, 0.3) is 10.9 Å². The number of fused-ring (bicyclic) bond motifs is 2. The van der Waals surface area contributed by atoms with E-state index in [0.29, 0.717) is 6.73 Å². The van der Waals surface area contributed by atoms with Crippen LogP contribution in [0.2, 0.25) is 0 Å². The second-order valence-electron chi connectivity index (χ2n) is 6.53. The van der Waals surface area contributed by atoms with Gasteiger partial charge in [-0.3, -0.25) is 0 Å². The molecular formula is C20H24ClN3O. The van der Waals surface area contributed by atoms with Gasteiger partial charge in [0.1, 0.15) is 6.73 Å². The molecular weight excluding hydrogens is 334 g/mol. The SMILES string of the molecule is COCn1c(C)c(C)c2ccnc(N3CCc4ccccc4C3)c21.Cl. The Bertz CT molecular complexity index is 903. The van der Waals surface area contributed by atoms with Crippen LogP contribution in [-0.2, 0) is 24.4 Å². The zero-order valence-corrected chi connectivity index (χ0v) is 15.8. The highest BCUT2D eigenvalue weighted by Crippen LogP contribution is 2.33. The third-order valence-corrected chi connectivity index (χ3v) is 5.21. The highest BCUT2D eigenvalue weighted by Gasteiger charge is 2.22. The van der Waals surface area contributed by atoms with Gasteiger partial charge in [-0.2, -0.15) is 0 Å². The van der Waals surface area contributed by atoms with E-state index >= 15 is 0 Å². The Labute approximate surface area is 154 Å². The van der Waals surface area contributed by atoms with E-state index in [1.165, 1.54) is 33.3 Å². The fourth-order valence-electron chi connectivity index (χ4n) is 3.78. The molecule has 25 heavy (non-hydrogen) atoms. The number of anilines is 1. The van der Waals surface area contributed by atoms with Crippen molar-refractivity contribution in [3.8, 4) is 0 Å². The first-order chi connectivity index (χ1) is 11.7. The second kappa shape index (κ2) is 7.06. The Kier molecular flexibility index (Phi) is 5.02. The summed E-state index contributed by atoms with van der Waals surface area (Å²) in [6.45, 7) is 6.81. The number of ether oxygens (including phenoxy) is 1. The van der Waals surface area contributed by atoms with Crippen LogP contribution < -0.4 is 4.90 Å². The highest BCUT2D eigenvalue weighted by molar-refractivity contribution is 5.93. The summed E-state index contributed by atoms with van der Waals surface area (Å²) in [5, 5.41) is 1.27. The van der Waals surface area contributed by atoms with Gasteiger partial charge in [-0.25, -0.2) is 4.98 Å². The molecule has 0 amide bonds. The fraction of sp³-hybridized carbons (Fsp3) is 0.350. The molecule has 0 saturated heterocycles. The number of rotatable bonds is 3. The quantitative estimate of drug-likeness (QED) is 0.702. The van der Waals surface area contributed by atoms with Gasteiger partial charge in [0, 0.05) is 37.5 Å². The molecule has 0 atom stereocenters. The van der Waals surface area contributed by atoms with Gasteiger partial charge < -0.3 is 14.2 Å². The van der Waals surface area contributed by atoms with Gasteiger partial charge in [0.05, 0.1) is 5.52 Å². The lowest BCUT2D eigenvalue weighted by molar-refractivity contribution is 0.133. The molecule has 1 aromatic carbocycles. The molecule has 2 aromatic heterocycles. The average molecular weight is 358 g/mol. The summed E-state index contributed by atoms with van der Waals surface area (Å²) in [4.78, 5) is 7.15. The lowest BCUT2D eigenvalue weighted by atomic mass is 10.00. The number of aryl methyl sites for hydroxylation is 1. The molecule has 1 aliphatic heterocycles. The minimum Gasteiger partial charge on any atom is -0.364 e. The summed E-state index contributed by atoms with van der Waals surface area (Å²) in [6, 6.07) is 10.8. The lowest BCUT2D eigenvalue weighted by Gasteiger charge is -2.30. The van der Waals surface area contributed by atoms with Crippen molar-refractivity contribution in [2.24, 2.45) is 0 Å². The molecule has 1 aliphatic rings. The Hall–Kier alpha value is -2.04. The van der Waals surface area contributed by atoms with Crippen LogP contribution in [0.4, 0.5) is 5.82 Å². The van der Waals surface area contributed by atoms with Crippen LogP contribution in [0.15, 0.2) is 36.5 Å². The summed E-state index contributed by atoms with van der Waals surface area (Å²) < 4.78 is 7.69. The van der Waals surface area contributed by atoms with Crippen molar-refractivity contribution in [2.45, 2.75) is 33.5 Å². The number of hydrogen-bond acceptors (Lipinski definition) is 3. The van der Waals surface area contributed by atoms with Gasteiger partial charge in [0.25, 0.3) is 0 Å². The van der Waals surface area contributed by atoms with E-state index in [1.807, 2.05) is 6.20 Å². The van der Waals surface area contributed by atoms with Crippen LogP contribution in [0.3, 0.4) is 0 Å². The zero-order valence-electron chi connectivity index (χ0n) is 15.0. The smallest absolute Gasteiger partial charge is 0.153 e. The van der Waals surface area contributed by atoms with E-state index in [0.717, 1.165) is 25.3 Å². The minimum atomic E-state index is 0. The van der Waals surface area contributed by atoms with E-state index in [1.54, 1.807) is 7.11 Å². The number of pyridine rings is 1. The van der Waals surface area contributed by atoms with Gasteiger partial charge >= 0.3 is 0 Å². The van der Waals surface area contributed by atoms with Crippen molar-refractivity contribution < 1.29 is 4.74 Å². The maximum Gasteiger partial charge on any atom is 0.153 e. The number of halogens is 1. The van der Waals surface area contributed by atoms with Crippen molar-refractivity contribution >= 4 is 29.1 Å². The van der Waals surface area contributed by atoms with Crippen molar-refractivity contribution in [1.29, 1.82) is 0 Å². The van der Waals surface area contributed by atoms with Gasteiger partial charge in [0.15, 0.2) is 5.82 Å². The van der Waals surface area contributed by atoms with Crippen molar-refractivity contribution in [3.63, 3.8) is 0 Å². The first kappa shape index (κ1) is 17.8. The summed E-state index contributed by atoms with van der Waals surface area (Å²) >= 11 is 0. The Morgan fingerprint density at radius 2 is 1.88 bits per heavy atom. The van der Waals surface area contributed by atoms with Crippen LogP contribution in [0, 0.1) is 13.8 Å². The van der Waals surface area contributed by atoms with Crippen molar-refractivity contribution in [3.05, 3.63) is 58.9 Å². The topological polar surface area (TPSA) is 30.3 Å². The third-order valence-electron chi connectivity index (χ3n) is 5.21. The van der Waals surface area contributed by atoms with Gasteiger partial charge in [-0.05, 0) is 43.0 Å². The Morgan fingerprint density at radius 1 is 1.12 bits per heavy atom. The summed E-state index contributed by atoms with van der Waals surface area (Å²) in [7, 11) is 1.74. The maximum absolute atomic E-state index is 5.45. The number of benzene rings is 1. The molecule has 4 nitrogen and oxygen atoms in total. The monoisotopic (exact) mass is 357 g/mol. The molecule has 0 unspecified atom stereocenters. The van der Waals surface area contributed by atoms with E-state index in [2.05, 4.69) is 53.6 Å². The predicted octanol–water partition coefficient (Wildman–Crippen LogP) is 4.24. The Morgan fingerprint density at radius 3 is 2.64 bits per heavy atom. The normalized spacial score (nSPS) is 13.6. The van der Waals surface area contributed by atoms with E-state index in [-0.39, 0.29) is 12.4 Å². The molecule has 0 fully saturated rings. The summed E-state index contributed by atoms with van der Waals surface area (Å²) in [5.74, 6) is 1.07. The van der Waals surface area contributed by atoms with Gasteiger partial charge in [0.2, 0.25) is 0 Å². The van der Waals surface area contributed by atoms with E-state index in [4.69, 9.17) is 9.72 Å². The molecule has 3 heterocycles. The van der Waals surface area contributed by atoms with Gasteiger partial charge in [-0.1, -0.05) is 24.3 Å². The maximum atomic E-state index is 5.45. The molecule has 132 valence electrons. The van der Waals surface area contributed by atoms with Crippen LogP contribution in [-0.4, -0.2) is 23.2 Å². The first-order valence-corrected chi connectivity index (χ1v) is 8.45. The van der Waals surface area contributed by atoms with Crippen LogP contribution >= 0.6 is 12.4 Å². The van der Waals surface area contributed by atoms with Crippen LogP contribution in [0.1, 0.15) is 22.4 Å². The molecule has 0 saturated carbocycles. The molecule has 4 rings (SSSR count). The number of nitrogens with zero attached hydrogens (tertiary/aromatic N) is 3. The third kappa shape index (κ3) is 2.90. The van der Waals surface area contributed by atoms with E-state index < -0.39 is 0 Å².